The summed E-state index contributed by atoms with van der Waals surface area (Å²) in [4.78, 5) is 11.6. The average Bonchev–Trinajstić information content (AvgIpc) is 3.10. The van der Waals surface area contributed by atoms with Crippen molar-refractivity contribution in [3.63, 3.8) is 0 Å². The third-order valence-electron chi connectivity index (χ3n) is 2.88. The average molecular weight is 236 g/mol. The van der Waals surface area contributed by atoms with Crippen LogP contribution in [-0.2, 0) is 4.79 Å². The van der Waals surface area contributed by atoms with Gasteiger partial charge in [0.1, 0.15) is 5.82 Å². The van der Waals surface area contributed by atoms with Gasteiger partial charge >= 0.3 is 0 Å². The summed E-state index contributed by atoms with van der Waals surface area (Å²) in [5.41, 5.74) is 0.521. The first-order valence-corrected chi connectivity index (χ1v) is 5.94. The van der Waals surface area contributed by atoms with Crippen LogP contribution in [0.5, 0.6) is 0 Å². The standard InChI is InChI=1S/C13H17FN2O/c1-9(11-4-2-3-5-12(11)14)16-13(17)8-15-10-6-7-10/h2-5,9-10,15H,6-8H2,1H3,(H,16,17)/t9-/m1/s1. The van der Waals surface area contributed by atoms with E-state index < -0.39 is 0 Å². The summed E-state index contributed by atoms with van der Waals surface area (Å²) in [5.74, 6) is -0.372. The number of carbonyl (C=O) groups excluding carboxylic acids is 1. The quantitative estimate of drug-likeness (QED) is 0.818. The van der Waals surface area contributed by atoms with E-state index in [0.29, 0.717) is 18.2 Å². The predicted molar refractivity (Wildman–Crippen MR) is 64.0 cm³/mol. The van der Waals surface area contributed by atoms with E-state index in [2.05, 4.69) is 10.6 Å². The minimum absolute atomic E-state index is 0.0901. The summed E-state index contributed by atoms with van der Waals surface area (Å²) in [7, 11) is 0. The van der Waals surface area contributed by atoms with Crippen LogP contribution >= 0.6 is 0 Å². The molecule has 2 N–H and O–H groups in total. The first-order valence-electron chi connectivity index (χ1n) is 5.94. The molecule has 1 aliphatic carbocycles. The molecule has 17 heavy (non-hydrogen) atoms. The Kier molecular flexibility index (Phi) is 3.74. The van der Waals surface area contributed by atoms with Crippen LogP contribution in [0.1, 0.15) is 31.4 Å². The van der Waals surface area contributed by atoms with E-state index in [4.69, 9.17) is 0 Å². The van der Waals surface area contributed by atoms with E-state index in [1.165, 1.54) is 6.07 Å². The fraction of sp³-hybridized carbons (Fsp3) is 0.462. The zero-order valence-corrected chi connectivity index (χ0v) is 9.87. The molecule has 0 unspecified atom stereocenters. The third-order valence-corrected chi connectivity index (χ3v) is 2.88. The second kappa shape index (κ2) is 5.27. The Morgan fingerprint density at radius 1 is 1.47 bits per heavy atom. The lowest BCUT2D eigenvalue weighted by Gasteiger charge is -2.15. The third kappa shape index (κ3) is 3.53. The molecule has 0 aliphatic heterocycles. The molecule has 4 heteroatoms. The summed E-state index contributed by atoms with van der Waals surface area (Å²) in [6.45, 7) is 2.09. The lowest BCUT2D eigenvalue weighted by molar-refractivity contribution is -0.120. The molecule has 1 amide bonds. The SMILES string of the molecule is C[C@@H](NC(=O)CNC1CC1)c1ccccc1F. The van der Waals surface area contributed by atoms with Crippen molar-refractivity contribution in [2.45, 2.75) is 31.8 Å². The van der Waals surface area contributed by atoms with E-state index in [9.17, 15) is 9.18 Å². The molecule has 1 aromatic rings. The Balaban J connectivity index is 1.85. The lowest BCUT2D eigenvalue weighted by atomic mass is 10.1. The molecular weight excluding hydrogens is 219 g/mol. The fourth-order valence-corrected chi connectivity index (χ4v) is 1.72. The van der Waals surface area contributed by atoms with Gasteiger partial charge in [0.2, 0.25) is 5.91 Å². The number of carbonyl (C=O) groups is 1. The number of rotatable bonds is 5. The molecule has 1 fully saturated rings. The maximum atomic E-state index is 13.4. The minimum atomic E-state index is -0.301. The van der Waals surface area contributed by atoms with Gasteiger partial charge in [-0.2, -0.15) is 0 Å². The van der Waals surface area contributed by atoms with Crippen LogP contribution < -0.4 is 10.6 Å². The van der Waals surface area contributed by atoms with Crippen molar-refractivity contribution >= 4 is 5.91 Å². The largest absolute Gasteiger partial charge is 0.348 e. The Morgan fingerprint density at radius 2 is 2.18 bits per heavy atom. The molecule has 0 bridgehead atoms. The van der Waals surface area contributed by atoms with Crippen molar-refractivity contribution in [2.75, 3.05) is 6.54 Å². The van der Waals surface area contributed by atoms with E-state index >= 15 is 0 Å². The van der Waals surface area contributed by atoms with Gasteiger partial charge in [0.05, 0.1) is 12.6 Å². The number of hydrogen-bond donors (Lipinski definition) is 2. The summed E-state index contributed by atoms with van der Waals surface area (Å²) >= 11 is 0. The highest BCUT2D eigenvalue weighted by Crippen LogP contribution is 2.18. The Bertz CT molecular complexity index is 404. The van der Waals surface area contributed by atoms with Crippen LogP contribution in [0.4, 0.5) is 4.39 Å². The number of halogens is 1. The van der Waals surface area contributed by atoms with Gasteiger partial charge in [-0.05, 0) is 25.8 Å². The molecule has 1 atom stereocenters. The van der Waals surface area contributed by atoms with Gasteiger partial charge in [0.15, 0.2) is 0 Å². The van der Waals surface area contributed by atoms with E-state index in [1.54, 1.807) is 25.1 Å². The summed E-state index contributed by atoms with van der Waals surface area (Å²) in [5, 5.41) is 5.90. The molecule has 1 aliphatic rings. The van der Waals surface area contributed by atoms with E-state index in [-0.39, 0.29) is 17.8 Å². The minimum Gasteiger partial charge on any atom is -0.348 e. The smallest absolute Gasteiger partial charge is 0.234 e. The summed E-state index contributed by atoms with van der Waals surface area (Å²) < 4.78 is 13.4. The van der Waals surface area contributed by atoms with Gasteiger partial charge < -0.3 is 10.6 Å². The van der Waals surface area contributed by atoms with Gasteiger partial charge in [0, 0.05) is 11.6 Å². The summed E-state index contributed by atoms with van der Waals surface area (Å²) in [6, 6.07) is 6.70. The second-order valence-corrected chi connectivity index (χ2v) is 4.47. The van der Waals surface area contributed by atoms with Crippen LogP contribution in [-0.4, -0.2) is 18.5 Å². The van der Waals surface area contributed by atoms with Crippen LogP contribution in [0.15, 0.2) is 24.3 Å². The molecule has 0 radical (unpaired) electrons. The zero-order chi connectivity index (χ0) is 12.3. The first kappa shape index (κ1) is 12.0. The Hall–Kier alpha value is -1.42. The summed E-state index contributed by atoms with van der Waals surface area (Å²) in [6.07, 6.45) is 2.30. The molecule has 92 valence electrons. The van der Waals surface area contributed by atoms with E-state index in [1.807, 2.05) is 0 Å². The van der Waals surface area contributed by atoms with Crippen molar-refractivity contribution < 1.29 is 9.18 Å². The number of nitrogens with one attached hydrogen (secondary N) is 2. The van der Waals surface area contributed by atoms with Gasteiger partial charge in [-0.25, -0.2) is 4.39 Å². The molecule has 1 aromatic carbocycles. The van der Waals surface area contributed by atoms with Crippen molar-refractivity contribution in [1.29, 1.82) is 0 Å². The normalized spacial score (nSPS) is 16.6. The number of benzene rings is 1. The zero-order valence-electron chi connectivity index (χ0n) is 9.87. The first-order chi connectivity index (χ1) is 8.16. The molecule has 2 rings (SSSR count). The van der Waals surface area contributed by atoms with Crippen molar-refractivity contribution in [3.05, 3.63) is 35.6 Å². The molecule has 3 nitrogen and oxygen atoms in total. The maximum absolute atomic E-state index is 13.4. The monoisotopic (exact) mass is 236 g/mol. The molecule has 0 heterocycles. The molecule has 0 saturated heterocycles. The predicted octanol–water partition coefficient (Wildman–Crippen LogP) is 1.75. The van der Waals surface area contributed by atoms with E-state index in [0.717, 1.165) is 12.8 Å². The molecular formula is C13H17FN2O. The van der Waals surface area contributed by atoms with Crippen molar-refractivity contribution in [3.8, 4) is 0 Å². The molecule has 0 spiro atoms. The Labute approximate surface area is 100 Å². The fourth-order valence-electron chi connectivity index (χ4n) is 1.72. The maximum Gasteiger partial charge on any atom is 0.234 e. The highest BCUT2D eigenvalue weighted by molar-refractivity contribution is 5.78. The van der Waals surface area contributed by atoms with Gasteiger partial charge in [-0.1, -0.05) is 18.2 Å². The number of hydrogen-bond acceptors (Lipinski definition) is 2. The van der Waals surface area contributed by atoms with Gasteiger partial charge in [-0.15, -0.1) is 0 Å². The molecule has 1 saturated carbocycles. The van der Waals surface area contributed by atoms with Crippen LogP contribution in [0.3, 0.4) is 0 Å². The van der Waals surface area contributed by atoms with Crippen LogP contribution in [0.2, 0.25) is 0 Å². The van der Waals surface area contributed by atoms with Gasteiger partial charge in [0.25, 0.3) is 0 Å². The van der Waals surface area contributed by atoms with Crippen LogP contribution in [0, 0.1) is 5.82 Å². The highest BCUT2D eigenvalue weighted by Gasteiger charge is 2.21. The van der Waals surface area contributed by atoms with Crippen LogP contribution in [0.25, 0.3) is 0 Å². The van der Waals surface area contributed by atoms with Crippen molar-refractivity contribution in [1.82, 2.24) is 10.6 Å². The Morgan fingerprint density at radius 3 is 2.82 bits per heavy atom. The topological polar surface area (TPSA) is 41.1 Å². The van der Waals surface area contributed by atoms with Crippen molar-refractivity contribution in [2.24, 2.45) is 0 Å². The highest BCUT2D eigenvalue weighted by atomic mass is 19.1. The molecule has 0 aromatic heterocycles. The lowest BCUT2D eigenvalue weighted by Crippen LogP contribution is -2.36. The number of amides is 1. The second-order valence-electron chi connectivity index (χ2n) is 4.47. The van der Waals surface area contributed by atoms with Gasteiger partial charge in [-0.3, -0.25) is 4.79 Å².